The number of fused-ring (bicyclic) bond motifs is 1. The second-order valence-electron chi connectivity index (χ2n) is 5.76. The lowest BCUT2D eigenvalue weighted by atomic mass is 10.1. The molecular formula is C18H14ClFN2O3S. The van der Waals surface area contributed by atoms with Crippen molar-refractivity contribution in [3.63, 3.8) is 0 Å². The Morgan fingerprint density at radius 1 is 1.38 bits per heavy atom. The van der Waals surface area contributed by atoms with Gasteiger partial charge in [-0.2, -0.15) is 5.26 Å². The third-order valence-electron chi connectivity index (χ3n) is 4.03. The first kappa shape index (κ1) is 18.4. The molecule has 1 aliphatic rings. The number of benzene rings is 1. The molecule has 2 aromatic rings. The number of rotatable bonds is 5. The van der Waals surface area contributed by atoms with Gasteiger partial charge in [-0.25, -0.2) is 4.39 Å². The van der Waals surface area contributed by atoms with Gasteiger partial charge in [0.25, 0.3) is 5.91 Å². The van der Waals surface area contributed by atoms with Gasteiger partial charge in [-0.05, 0) is 37.0 Å². The van der Waals surface area contributed by atoms with E-state index in [9.17, 15) is 19.2 Å². The van der Waals surface area contributed by atoms with Crippen LogP contribution in [-0.4, -0.2) is 18.5 Å². The molecule has 0 saturated heterocycles. The van der Waals surface area contributed by atoms with E-state index >= 15 is 0 Å². The maximum atomic E-state index is 13.7. The Kier molecular flexibility index (Phi) is 5.55. The summed E-state index contributed by atoms with van der Waals surface area (Å²) in [6.45, 7) is -0.516. The summed E-state index contributed by atoms with van der Waals surface area (Å²) < 4.78 is 18.5. The largest absolute Gasteiger partial charge is 0.455 e. The zero-order chi connectivity index (χ0) is 18.7. The number of halogens is 2. The van der Waals surface area contributed by atoms with Gasteiger partial charge in [0.2, 0.25) is 0 Å². The van der Waals surface area contributed by atoms with Crippen LogP contribution in [0.25, 0.3) is 0 Å². The first-order chi connectivity index (χ1) is 12.5. The minimum Gasteiger partial charge on any atom is -0.455 e. The van der Waals surface area contributed by atoms with Crippen molar-refractivity contribution in [3.8, 4) is 6.07 Å². The lowest BCUT2D eigenvalue weighted by Gasteiger charge is -2.07. The molecular weight excluding hydrogens is 379 g/mol. The van der Waals surface area contributed by atoms with Crippen molar-refractivity contribution < 1.29 is 18.7 Å². The number of anilines is 1. The van der Waals surface area contributed by atoms with Crippen molar-refractivity contribution in [2.75, 3.05) is 11.9 Å². The van der Waals surface area contributed by atoms with Crippen LogP contribution in [0.1, 0.15) is 28.0 Å². The number of nitrogens with one attached hydrogen (secondary N) is 1. The van der Waals surface area contributed by atoms with Gasteiger partial charge in [-0.1, -0.05) is 17.7 Å². The Labute approximate surface area is 158 Å². The number of carbonyl (C=O) groups excluding carboxylic acids is 2. The number of ether oxygens (including phenoxy) is 1. The highest BCUT2D eigenvalue weighted by molar-refractivity contribution is 7.16. The fourth-order valence-electron chi connectivity index (χ4n) is 2.82. The molecule has 1 aliphatic carbocycles. The average Bonchev–Trinajstić information content (AvgIpc) is 3.17. The van der Waals surface area contributed by atoms with Crippen molar-refractivity contribution >= 4 is 39.8 Å². The van der Waals surface area contributed by atoms with Gasteiger partial charge < -0.3 is 10.1 Å². The highest BCUT2D eigenvalue weighted by Gasteiger charge is 2.23. The van der Waals surface area contributed by atoms with E-state index in [2.05, 4.69) is 11.4 Å². The van der Waals surface area contributed by atoms with Crippen molar-refractivity contribution in [3.05, 3.63) is 50.6 Å². The summed E-state index contributed by atoms with van der Waals surface area (Å²) in [5.41, 5.74) is 1.51. The third-order valence-corrected chi connectivity index (χ3v) is 5.59. The molecule has 1 N–H and O–H groups in total. The van der Waals surface area contributed by atoms with E-state index in [0.29, 0.717) is 10.6 Å². The Morgan fingerprint density at radius 3 is 2.92 bits per heavy atom. The second-order valence-corrected chi connectivity index (χ2v) is 7.27. The van der Waals surface area contributed by atoms with Crippen molar-refractivity contribution in [1.82, 2.24) is 0 Å². The summed E-state index contributed by atoms with van der Waals surface area (Å²) in [6.07, 6.45) is 2.39. The Morgan fingerprint density at radius 2 is 2.19 bits per heavy atom. The summed E-state index contributed by atoms with van der Waals surface area (Å²) in [4.78, 5) is 25.0. The molecule has 8 heteroatoms. The molecule has 1 aromatic heterocycles. The van der Waals surface area contributed by atoms with Gasteiger partial charge in [0, 0.05) is 15.5 Å². The lowest BCUT2D eigenvalue weighted by molar-refractivity contribution is -0.146. The van der Waals surface area contributed by atoms with Gasteiger partial charge >= 0.3 is 5.97 Å². The minimum absolute atomic E-state index is 0.0287. The summed E-state index contributed by atoms with van der Waals surface area (Å²) in [5.74, 6) is -1.92. The number of nitriles is 1. The maximum absolute atomic E-state index is 13.7. The fourth-order valence-corrected chi connectivity index (χ4v) is 4.30. The number of aryl methyl sites for hydroxylation is 1. The van der Waals surface area contributed by atoms with Crippen LogP contribution in [0, 0.1) is 17.1 Å². The zero-order valence-corrected chi connectivity index (χ0v) is 15.2. The molecule has 134 valence electrons. The normalized spacial score (nSPS) is 12.3. The topological polar surface area (TPSA) is 79.2 Å². The van der Waals surface area contributed by atoms with Crippen LogP contribution in [0.3, 0.4) is 0 Å². The van der Waals surface area contributed by atoms with Crippen LogP contribution in [0.4, 0.5) is 9.39 Å². The van der Waals surface area contributed by atoms with E-state index in [1.54, 1.807) is 0 Å². The standard InChI is InChI=1S/C18H14ClFN2O3S/c19-13-4-2-5-14(20)11(13)7-17(24)25-9-16(23)22-18-12(8-21)10-3-1-6-15(10)26-18/h2,4-5H,1,3,6-7,9H2,(H,22,23). The van der Waals surface area contributed by atoms with Crippen LogP contribution in [0.5, 0.6) is 0 Å². The SMILES string of the molecule is N#Cc1c(NC(=O)COC(=O)Cc2c(F)cccc2Cl)sc2c1CCC2. The molecule has 0 saturated carbocycles. The molecule has 0 radical (unpaired) electrons. The van der Waals surface area contributed by atoms with Crippen LogP contribution in [-0.2, 0) is 33.6 Å². The Balaban J connectivity index is 1.56. The van der Waals surface area contributed by atoms with E-state index in [4.69, 9.17) is 16.3 Å². The Bertz CT molecular complexity index is 900. The zero-order valence-electron chi connectivity index (χ0n) is 13.6. The van der Waals surface area contributed by atoms with Crippen molar-refractivity contribution in [1.29, 1.82) is 5.26 Å². The fraction of sp³-hybridized carbons (Fsp3) is 0.278. The average molecular weight is 393 g/mol. The maximum Gasteiger partial charge on any atom is 0.310 e. The summed E-state index contributed by atoms with van der Waals surface area (Å²) in [6, 6.07) is 6.23. The van der Waals surface area contributed by atoms with Gasteiger partial charge in [-0.3, -0.25) is 9.59 Å². The summed E-state index contributed by atoms with van der Waals surface area (Å²) in [7, 11) is 0. The van der Waals surface area contributed by atoms with Crippen molar-refractivity contribution in [2.24, 2.45) is 0 Å². The van der Waals surface area contributed by atoms with Gasteiger partial charge in [0.15, 0.2) is 6.61 Å². The summed E-state index contributed by atoms with van der Waals surface area (Å²) >= 11 is 7.24. The van der Waals surface area contributed by atoms with Gasteiger partial charge in [0.1, 0.15) is 16.9 Å². The van der Waals surface area contributed by atoms with Crippen LogP contribution in [0.15, 0.2) is 18.2 Å². The predicted molar refractivity (Wildman–Crippen MR) is 95.8 cm³/mol. The van der Waals surface area contributed by atoms with Crippen molar-refractivity contribution in [2.45, 2.75) is 25.7 Å². The number of carbonyl (C=O) groups is 2. The molecule has 5 nitrogen and oxygen atoms in total. The molecule has 0 bridgehead atoms. The molecule has 0 aliphatic heterocycles. The van der Waals surface area contributed by atoms with Crippen LogP contribution >= 0.6 is 22.9 Å². The molecule has 0 atom stereocenters. The van der Waals surface area contributed by atoms with Gasteiger partial charge in [0.05, 0.1) is 12.0 Å². The number of hydrogen-bond donors (Lipinski definition) is 1. The van der Waals surface area contributed by atoms with E-state index in [0.717, 1.165) is 29.7 Å². The predicted octanol–water partition coefficient (Wildman–Crippen LogP) is 3.63. The number of hydrogen-bond acceptors (Lipinski definition) is 5. The van der Waals surface area contributed by atoms with E-state index < -0.39 is 24.3 Å². The minimum atomic E-state index is -0.763. The molecule has 0 fully saturated rings. The van der Waals surface area contributed by atoms with Gasteiger partial charge in [-0.15, -0.1) is 11.3 Å². The molecule has 3 rings (SSSR count). The molecule has 26 heavy (non-hydrogen) atoms. The Hall–Kier alpha value is -2.43. The van der Waals surface area contributed by atoms with E-state index in [1.807, 2.05) is 0 Å². The van der Waals surface area contributed by atoms with E-state index in [1.165, 1.54) is 29.5 Å². The second kappa shape index (κ2) is 7.85. The lowest BCUT2D eigenvalue weighted by Crippen LogP contribution is -2.22. The number of esters is 1. The number of amides is 1. The highest BCUT2D eigenvalue weighted by Crippen LogP contribution is 2.38. The van der Waals surface area contributed by atoms with Crippen LogP contribution in [0.2, 0.25) is 5.02 Å². The molecule has 1 aromatic carbocycles. The smallest absolute Gasteiger partial charge is 0.310 e. The monoisotopic (exact) mass is 392 g/mol. The molecule has 1 amide bonds. The summed E-state index contributed by atoms with van der Waals surface area (Å²) in [5, 5.41) is 12.5. The first-order valence-corrected chi connectivity index (χ1v) is 9.12. The number of nitrogens with zero attached hydrogens (tertiary/aromatic N) is 1. The third kappa shape index (κ3) is 3.87. The quantitative estimate of drug-likeness (QED) is 0.788. The molecule has 0 unspecified atom stereocenters. The van der Waals surface area contributed by atoms with Crippen LogP contribution < -0.4 is 5.32 Å². The van der Waals surface area contributed by atoms with E-state index in [-0.39, 0.29) is 17.0 Å². The molecule has 1 heterocycles. The first-order valence-electron chi connectivity index (χ1n) is 7.92. The number of thiophene rings is 1. The highest BCUT2D eigenvalue weighted by atomic mass is 35.5. The molecule has 0 spiro atoms.